The molecule has 0 N–H and O–H groups in total. The molecule has 5 nitrogen and oxygen atoms in total. The molecule has 24 heavy (non-hydrogen) atoms. The normalized spacial score (nSPS) is 14.6. The molecule has 1 aliphatic rings. The van der Waals surface area contributed by atoms with Crippen LogP contribution < -0.4 is 4.74 Å². The first kappa shape index (κ1) is 15.4. The first-order valence-electron chi connectivity index (χ1n) is 7.61. The third-order valence-corrected chi connectivity index (χ3v) is 5.90. The Hall–Kier alpha value is -2.12. The van der Waals surface area contributed by atoms with E-state index < -0.39 is 0 Å². The van der Waals surface area contributed by atoms with Crippen molar-refractivity contribution in [3.63, 3.8) is 0 Å². The van der Waals surface area contributed by atoms with Crippen LogP contribution in [0.1, 0.15) is 0 Å². The van der Waals surface area contributed by atoms with Crippen molar-refractivity contribution in [2.24, 2.45) is 0 Å². The number of likely N-dealkylation sites (tertiary alicyclic amines) is 1. The van der Waals surface area contributed by atoms with E-state index in [1.807, 2.05) is 35.2 Å². The summed E-state index contributed by atoms with van der Waals surface area (Å²) < 4.78 is 7.85. The van der Waals surface area contributed by atoms with Gasteiger partial charge in [-0.05, 0) is 24.3 Å². The summed E-state index contributed by atoms with van der Waals surface area (Å²) >= 11 is 3.13. The second-order valence-corrected chi connectivity index (χ2v) is 7.72. The lowest BCUT2D eigenvalue weighted by Crippen LogP contribution is -2.56. The van der Waals surface area contributed by atoms with Crippen LogP contribution in [0.5, 0.6) is 5.75 Å². The molecule has 4 rings (SSSR count). The minimum atomic E-state index is 0.0607. The van der Waals surface area contributed by atoms with Crippen molar-refractivity contribution in [1.29, 1.82) is 0 Å². The van der Waals surface area contributed by atoms with Gasteiger partial charge in [0, 0.05) is 6.20 Å². The zero-order chi connectivity index (χ0) is 16.4. The highest BCUT2D eigenvalue weighted by Gasteiger charge is 2.32. The van der Waals surface area contributed by atoms with Crippen LogP contribution in [-0.2, 0) is 4.79 Å². The number of hydrogen-bond donors (Lipinski definition) is 0. The predicted molar refractivity (Wildman–Crippen MR) is 95.6 cm³/mol. The molecule has 1 amide bonds. The monoisotopic (exact) mass is 357 g/mol. The van der Waals surface area contributed by atoms with Crippen molar-refractivity contribution in [3.8, 4) is 5.75 Å². The Bertz CT molecular complexity index is 814. The van der Waals surface area contributed by atoms with E-state index in [0.717, 1.165) is 20.3 Å². The molecule has 1 fully saturated rings. The summed E-state index contributed by atoms with van der Waals surface area (Å²) in [5.74, 6) is 1.29. The molecule has 1 aliphatic heterocycles. The van der Waals surface area contributed by atoms with E-state index in [0.29, 0.717) is 18.8 Å². The van der Waals surface area contributed by atoms with Crippen LogP contribution >= 0.6 is 23.1 Å². The number of aromatic nitrogens is 2. The fourth-order valence-corrected chi connectivity index (χ4v) is 4.42. The second kappa shape index (κ2) is 6.78. The number of fused-ring (bicyclic) bond motifs is 1. The van der Waals surface area contributed by atoms with E-state index in [9.17, 15) is 4.79 Å². The van der Waals surface area contributed by atoms with Gasteiger partial charge in [-0.3, -0.25) is 9.78 Å². The summed E-state index contributed by atoms with van der Waals surface area (Å²) in [4.78, 5) is 22.6. The SMILES string of the molecule is O=C(CSc1nc2ccccc2s1)N1CC(Oc2cccnc2)C1. The predicted octanol–water partition coefficient (Wildman–Crippen LogP) is 3.07. The van der Waals surface area contributed by atoms with Gasteiger partial charge < -0.3 is 9.64 Å². The number of thiazole rings is 1. The van der Waals surface area contributed by atoms with Gasteiger partial charge in [0.05, 0.1) is 35.3 Å². The van der Waals surface area contributed by atoms with E-state index >= 15 is 0 Å². The number of para-hydroxylation sites is 1. The van der Waals surface area contributed by atoms with E-state index in [-0.39, 0.29) is 12.0 Å². The number of amides is 1. The Morgan fingerprint density at radius 2 is 2.17 bits per heavy atom. The van der Waals surface area contributed by atoms with E-state index in [4.69, 9.17) is 4.74 Å². The lowest BCUT2D eigenvalue weighted by atomic mass is 10.1. The van der Waals surface area contributed by atoms with Crippen molar-refractivity contribution in [3.05, 3.63) is 48.8 Å². The first-order chi connectivity index (χ1) is 11.8. The number of thioether (sulfide) groups is 1. The van der Waals surface area contributed by atoms with Crippen LogP contribution in [0, 0.1) is 0 Å². The van der Waals surface area contributed by atoms with Crippen molar-refractivity contribution >= 4 is 39.2 Å². The summed E-state index contributed by atoms with van der Waals surface area (Å²) in [5, 5.41) is 0. The molecule has 0 radical (unpaired) electrons. The lowest BCUT2D eigenvalue weighted by Gasteiger charge is -2.38. The lowest BCUT2D eigenvalue weighted by molar-refractivity contribution is -0.137. The minimum absolute atomic E-state index is 0.0607. The fraction of sp³-hybridized carbons (Fsp3) is 0.235. The Labute approximate surface area is 147 Å². The number of ether oxygens (including phenoxy) is 1. The van der Waals surface area contributed by atoms with Crippen LogP contribution in [0.2, 0.25) is 0 Å². The smallest absolute Gasteiger partial charge is 0.233 e. The number of pyridine rings is 1. The van der Waals surface area contributed by atoms with Crippen LogP contribution in [-0.4, -0.2) is 45.7 Å². The molecule has 0 unspecified atom stereocenters. The van der Waals surface area contributed by atoms with Gasteiger partial charge in [0.1, 0.15) is 11.9 Å². The van der Waals surface area contributed by atoms with Gasteiger partial charge in [-0.15, -0.1) is 11.3 Å². The summed E-state index contributed by atoms with van der Waals surface area (Å²) in [6, 6.07) is 11.7. The summed E-state index contributed by atoms with van der Waals surface area (Å²) in [7, 11) is 0. The molecule has 0 aliphatic carbocycles. The minimum Gasteiger partial charge on any atom is -0.485 e. The zero-order valence-electron chi connectivity index (χ0n) is 12.8. The van der Waals surface area contributed by atoms with Crippen molar-refractivity contribution in [2.75, 3.05) is 18.8 Å². The van der Waals surface area contributed by atoms with Gasteiger partial charge in [-0.1, -0.05) is 23.9 Å². The van der Waals surface area contributed by atoms with Gasteiger partial charge in [0.2, 0.25) is 5.91 Å². The maximum absolute atomic E-state index is 12.2. The molecule has 0 bridgehead atoms. The maximum atomic E-state index is 12.2. The largest absolute Gasteiger partial charge is 0.485 e. The highest BCUT2D eigenvalue weighted by atomic mass is 32.2. The molecule has 3 heterocycles. The van der Waals surface area contributed by atoms with Gasteiger partial charge in [-0.2, -0.15) is 0 Å². The van der Waals surface area contributed by atoms with Gasteiger partial charge >= 0.3 is 0 Å². The average Bonchev–Trinajstić information content (AvgIpc) is 2.99. The standard InChI is InChI=1S/C17H15N3O2S2/c21-16(11-23-17-19-14-5-1-2-6-15(14)24-17)20-9-13(10-20)22-12-4-3-7-18-8-12/h1-8,13H,9-11H2. The number of rotatable bonds is 5. The Balaban J connectivity index is 1.25. The summed E-state index contributed by atoms with van der Waals surface area (Å²) in [6.45, 7) is 1.27. The van der Waals surface area contributed by atoms with Crippen molar-refractivity contribution in [2.45, 2.75) is 10.4 Å². The molecular weight excluding hydrogens is 342 g/mol. The highest BCUT2D eigenvalue weighted by Crippen LogP contribution is 2.29. The van der Waals surface area contributed by atoms with E-state index in [1.165, 1.54) is 11.8 Å². The number of nitrogens with zero attached hydrogens (tertiary/aromatic N) is 3. The van der Waals surface area contributed by atoms with Crippen molar-refractivity contribution in [1.82, 2.24) is 14.9 Å². The molecular formula is C17H15N3O2S2. The van der Waals surface area contributed by atoms with Gasteiger partial charge in [0.25, 0.3) is 0 Å². The Morgan fingerprint density at radius 1 is 1.29 bits per heavy atom. The fourth-order valence-electron chi connectivity index (χ4n) is 2.45. The maximum Gasteiger partial charge on any atom is 0.233 e. The van der Waals surface area contributed by atoms with Crippen molar-refractivity contribution < 1.29 is 9.53 Å². The number of hydrogen-bond acceptors (Lipinski definition) is 6. The average molecular weight is 357 g/mol. The number of carbonyl (C=O) groups is 1. The van der Waals surface area contributed by atoms with E-state index in [2.05, 4.69) is 16.0 Å². The van der Waals surface area contributed by atoms with Crippen LogP contribution in [0.3, 0.4) is 0 Å². The molecule has 3 aromatic rings. The van der Waals surface area contributed by atoms with Gasteiger partial charge in [-0.25, -0.2) is 4.98 Å². The molecule has 1 aromatic carbocycles. The number of carbonyl (C=O) groups excluding carboxylic acids is 1. The third kappa shape index (κ3) is 3.37. The third-order valence-electron chi connectivity index (χ3n) is 3.73. The first-order valence-corrected chi connectivity index (χ1v) is 9.41. The summed E-state index contributed by atoms with van der Waals surface area (Å²) in [6.07, 6.45) is 3.46. The molecule has 0 spiro atoms. The van der Waals surface area contributed by atoms with E-state index in [1.54, 1.807) is 23.7 Å². The Kier molecular flexibility index (Phi) is 4.36. The summed E-state index contributed by atoms with van der Waals surface area (Å²) in [5.41, 5.74) is 0.992. The number of benzene rings is 1. The molecule has 1 saturated heterocycles. The molecule has 2 aromatic heterocycles. The van der Waals surface area contributed by atoms with Crippen LogP contribution in [0.4, 0.5) is 0 Å². The van der Waals surface area contributed by atoms with Crippen LogP contribution in [0.25, 0.3) is 10.2 Å². The second-order valence-electron chi connectivity index (χ2n) is 5.46. The van der Waals surface area contributed by atoms with Crippen LogP contribution in [0.15, 0.2) is 53.1 Å². The van der Waals surface area contributed by atoms with Gasteiger partial charge in [0.15, 0.2) is 4.34 Å². The quantitative estimate of drug-likeness (QED) is 0.657. The zero-order valence-corrected chi connectivity index (χ0v) is 14.4. The molecule has 7 heteroatoms. The Morgan fingerprint density at radius 3 is 2.96 bits per heavy atom. The highest BCUT2D eigenvalue weighted by molar-refractivity contribution is 8.01. The molecule has 122 valence electrons. The molecule has 0 saturated carbocycles. The molecule has 0 atom stereocenters. The topological polar surface area (TPSA) is 55.3 Å².